The summed E-state index contributed by atoms with van der Waals surface area (Å²) in [6.07, 6.45) is 0.350. The van der Waals surface area contributed by atoms with Crippen molar-refractivity contribution in [2.75, 3.05) is 19.8 Å². The van der Waals surface area contributed by atoms with E-state index in [1.807, 2.05) is 0 Å². The van der Waals surface area contributed by atoms with Gasteiger partial charge < -0.3 is 19.3 Å². The summed E-state index contributed by atoms with van der Waals surface area (Å²) < 4.78 is 15.1. The number of rotatable bonds is 8. The maximum Gasteiger partial charge on any atom is 0.314 e. The van der Waals surface area contributed by atoms with E-state index >= 15 is 0 Å². The van der Waals surface area contributed by atoms with Gasteiger partial charge in [-0.1, -0.05) is 6.08 Å². The van der Waals surface area contributed by atoms with Crippen LogP contribution < -0.4 is 0 Å². The fourth-order valence-electron chi connectivity index (χ4n) is 1.31. The number of aliphatic hydroxyl groups is 1. The van der Waals surface area contributed by atoms with Gasteiger partial charge in [0.1, 0.15) is 24.2 Å². The molecule has 0 saturated carbocycles. The van der Waals surface area contributed by atoms with Crippen LogP contribution in [0.25, 0.3) is 0 Å². The highest BCUT2D eigenvalue weighted by molar-refractivity contribution is 5.74. The van der Waals surface area contributed by atoms with Crippen LogP contribution in [0, 0.1) is 5.92 Å². The Balaban J connectivity index is 4.64. The van der Waals surface area contributed by atoms with Gasteiger partial charge >= 0.3 is 11.9 Å². The molecule has 0 heterocycles. The van der Waals surface area contributed by atoms with Crippen LogP contribution in [0.3, 0.4) is 0 Å². The first kappa shape index (κ1) is 18.6. The van der Waals surface area contributed by atoms with Crippen molar-refractivity contribution in [3.63, 3.8) is 0 Å². The number of ether oxygens (including phenoxy) is 3. The van der Waals surface area contributed by atoms with E-state index in [9.17, 15) is 14.7 Å². The second kappa shape index (κ2) is 8.71. The number of hydrogen-bond donors (Lipinski definition) is 1. The highest BCUT2D eigenvalue weighted by Gasteiger charge is 2.32. The molecule has 6 heteroatoms. The maximum atomic E-state index is 12.0. The maximum absolute atomic E-state index is 12.0. The van der Waals surface area contributed by atoms with E-state index in [0.29, 0.717) is 0 Å². The molecule has 20 heavy (non-hydrogen) atoms. The topological polar surface area (TPSA) is 82.1 Å². The van der Waals surface area contributed by atoms with E-state index in [0.717, 1.165) is 0 Å². The summed E-state index contributed by atoms with van der Waals surface area (Å²) >= 11 is 0. The van der Waals surface area contributed by atoms with Gasteiger partial charge in [0.05, 0.1) is 13.2 Å². The average molecular weight is 288 g/mol. The Kier molecular flexibility index (Phi) is 8.10. The van der Waals surface area contributed by atoms with Crippen molar-refractivity contribution in [3.05, 3.63) is 12.7 Å². The zero-order chi connectivity index (χ0) is 15.8. The molecular formula is C14H24O6. The monoisotopic (exact) mass is 288 g/mol. The van der Waals surface area contributed by atoms with Crippen LogP contribution in [0.2, 0.25) is 0 Å². The van der Waals surface area contributed by atoms with Crippen molar-refractivity contribution in [2.45, 2.75) is 39.4 Å². The molecule has 0 aromatic heterocycles. The number of carbonyl (C=O) groups excluding carboxylic acids is 2. The summed E-state index contributed by atoms with van der Waals surface area (Å²) in [4.78, 5) is 22.7. The Morgan fingerprint density at radius 2 is 1.90 bits per heavy atom. The normalized spacial score (nSPS) is 14.2. The van der Waals surface area contributed by atoms with Crippen molar-refractivity contribution in [2.24, 2.45) is 5.92 Å². The average Bonchev–Trinajstić information content (AvgIpc) is 2.29. The highest BCUT2D eigenvalue weighted by atomic mass is 16.6. The van der Waals surface area contributed by atoms with Crippen molar-refractivity contribution in [3.8, 4) is 0 Å². The Morgan fingerprint density at radius 1 is 1.30 bits per heavy atom. The van der Waals surface area contributed by atoms with Gasteiger partial charge in [0, 0.05) is 6.92 Å². The molecule has 116 valence electrons. The first-order valence-electron chi connectivity index (χ1n) is 6.40. The molecule has 0 aliphatic heterocycles. The van der Waals surface area contributed by atoms with Gasteiger partial charge in [-0.2, -0.15) is 0 Å². The lowest BCUT2D eigenvalue weighted by Crippen LogP contribution is -2.40. The molecule has 6 nitrogen and oxygen atoms in total. The quantitative estimate of drug-likeness (QED) is 0.409. The van der Waals surface area contributed by atoms with Crippen LogP contribution in [0.1, 0.15) is 27.7 Å². The van der Waals surface area contributed by atoms with Crippen LogP contribution in [0.4, 0.5) is 0 Å². The summed E-state index contributed by atoms with van der Waals surface area (Å²) in [5.41, 5.74) is -0.672. The standard InChI is InChI=1S/C14H24O6/c1-6-7-18-8-11(12(16)9-19-10(2)15)13(17)20-14(3,4)5/h6,11-12,16H,1,7-9H2,2-5H3/t11-,12-/m0/s1. The van der Waals surface area contributed by atoms with Gasteiger partial charge in [-0.3, -0.25) is 9.59 Å². The predicted molar refractivity (Wildman–Crippen MR) is 73.0 cm³/mol. The molecule has 0 aromatic carbocycles. The number of carbonyl (C=O) groups is 2. The molecule has 0 rings (SSSR count). The molecule has 0 saturated heterocycles. The van der Waals surface area contributed by atoms with E-state index in [2.05, 4.69) is 6.58 Å². The first-order chi connectivity index (χ1) is 9.17. The molecule has 0 bridgehead atoms. The van der Waals surface area contributed by atoms with Gasteiger partial charge in [0.2, 0.25) is 0 Å². The first-order valence-corrected chi connectivity index (χ1v) is 6.40. The van der Waals surface area contributed by atoms with Crippen LogP contribution in [0.5, 0.6) is 0 Å². The summed E-state index contributed by atoms with van der Waals surface area (Å²) in [5, 5.41) is 9.94. The third-order valence-electron chi connectivity index (χ3n) is 2.16. The van der Waals surface area contributed by atoms with Crippen LogP contribution in [-0.4, -0.2) is 48.6 Å². The summed E-state index contributed by atoms with van der Waals surface area (Å²) in [6.45, 7) is 9.83. The van der Waals surface area contributed by atoms with Crippen molar-refractivity contribution < 1.29 is 28.9 Å². The zero-order valence-electron chi connectivity index (χ0n) is 12.5. The molecular weight excluding hydrogens is 264 g/mol. The highest BCUT2D eigenvalue weighted by Crippen LogP contribution is 2.15. The van der Waals surface area contributed by atoms with Crippen molar-refractivity contribution in [1.82, 2.24) is 0 Å². The fraction of sp³-hybridized carbons (Fsp3) is 0.714. The minimum Gasteiger partial charge on any atom is -0.463 e. The molecule has 2 atom stereocenters. The molecule has 0 aliphatic carbocycles. The van der Waals surface area contributed by atoms with E-state index in [-0.39, 0.29) is 19.8 Å². The summed E-state index contributed by atoms with van der Waals surface area (Å²) in [5.74, 6) is -2.05. The minimum atomic E-state index is -1.18. The van der Waals surface area contributed by atoms with Crippen LogP contribution >= 0.6 is 0 Å². The molecule has 0 aliphatic rings. The largest absolute Gasteiger partial charge is 0.463 e. The van der Waals surface area contributed by atoms with E-state index < -0.39 is 29.6 Å². The fourth-order valence-corrected chi connectivity index (χ4v) is 1.31. The van der Waals surface area contributed by atoms with E-state index in [1.165, 1.54) is 13.0 Å². The molecule has 0 aromatic rings. The lowest BCUT2D eigenvalue weighted by molar-refractivity contribution is -0.170. The number of aliphatic hydroxyl groups excluding tert-OH is 1. The van der Waals surface area contributed by atoms with Crippen molar-refractivity contribution in [1.29, 1.82) is 0 Å². The second-order valence-corrected chi connectivity index (χ2v) is 5.34. The Hall–Kier alpha value is -1.40. The van der Waals surface area contributed by atoms with Gasteiger partial charge in [0.15, 0.2) is 0 Å². The molecule has 0 fully saturated rings. The minimum absolute atomic E-state index is 0.0383. The Morgan fingerprint density at radius 3 is 2.35 bits per heavy atom. The number of esters is 2. The van der Waals surface area contributed by atoms with Crippen molar-refractivity contribution >= 4 is 11.9 Å². The number of hydrogen-bond acceptors (Lipinski definition) is 6. The molecule has 1 N–H and O–H groups in total. The van der Waals surface area contributed by atoms with Crippen LogP contribution in [0.15, 0.2) is 12.7 Å². The predicted octanol–water partition coefficient (Wildman–Crippen LogP) is 1.07. The molecule has 0 amide bonds. The summed E-state index contributed by atoms with van der Waals surface area (Å²) in [6, 6.07) is 0. The molecule has 0 unspecified atom stereocenters. The third kappa shape index (κ3) is 8.66. The lowest BCUT2D eigenvalue weighted by Gasteiger charge is -2.26. The molecule has 0 spiro atoms. The zero-order valence-corrected chi connectivity index (χ0v) is 12.5. The summed E-state index contributed by atoms with van der Waals surface area (Å²) in [7, 11) is 0. The third-order valence-corrected chi connectivity index (χ3v) is 2.16. The van der Waals surface area contributed by atoms with Gasteiger partial charge in [-0.25, -0.2) is 0 Å². The van der Waals surface area contributed by atoms with Gasteiger partial charge in [-0.15, -0.1) is 6.58 Å². The van der Waals surface area contributed by atoms with E-state index in [4.69, 9.17) is 14.2 Å². The van der Waals surface area contributed by atoms with Crippen LogP contribution in [-0.2, 0) is 23.8 Å². The lowest BCUT2D eigenvalue weighted by atomic mass is 10.0. The van der Waals surface area contributed by atoms with Gasteiger partial charge in [-0.05, 0) is 20.8 Å². The van der Waals surface area contributed by atoms with E-state index in [1.54, 1.807) is 20.8 Å². The van der Waals surface area contributed by atoms with Gasteiger partial charge in [0.25, 0.3) is 0 Å². The smallest absolute Gasteiger partial charge is 0.314 e. The second-order valence-electron chi connectivity index (χ2n) is 5.34. The Labute approximate surface area is 119 Å². The Bertz CT molecular complexity index is 331. The molecule has 0 radical (unpaired) electrons. The SMILES string of the molecule is C=CCOC[C@H](C(=O)OC(C)(C)C)[C@@H](O)COC(C)=O.